The summed E-state index contributed by atoms with van der Waals surface area (Å²) in [5, 5.41) is 7.48. The van der Waals surface area contributed by atoms with E-state index in [4.69, 9.17) is 0 Å². The molecule has 4 heteroatoms. The number of nitrogens with one attached hydrogen (secondary N) is 3. The summed E-state index contributed by atoms with van der Waals surface area (Å²) in [4.78, 5) is 6.86. The van der Waals surface area contributed by atoms with Crippen LogP contribution in [0.4, 0.5) is 5.69 Å². The van der Waals surface area contributed by atoms with Crippen molar-refractivity contribution in [1.29, 1.82) is 0 Å². The van der Waals surface area contributed by atoms with Crippen LogP contribution in [-0.4, -0.2) is 11.5 Å². The van der Waals surface area contributed by atoms with E-state index in [1.807, 2.05) is 11.3 Å². The van der Waals surface area contributed by atoms with Gasteiger partial charge in [-0.1, -0.05) is 36.4 Å². The number of aromatic amines is 1. The zero-order valence-electron chi connectivity index (χ0n) is 15.3. The molecule has 0 radical (unpaired) electrons. The number of aromatic nitrogens is 1. The van der Waals surface area contributed by atoms with Gasteiger partial charge >= 0.3 is 0 Å². The monoisotopic (exact) mass is 372 g/mol. The lowest BCUT2D eigenvalue weighted by Crippen LogP contribution is -3.15. The molecule has 27 heavy (non-hydrogen) atoms. The summed E-state index contributed by atoms with van der Waals surface area (Å²) in [6.45, 7) is 3.38. The summed E-state index contributed by atoms with van der Waals surface area (Å²) in [6, 6.07) is 20.2. The van der Waals surface area contributed by atoms with Crippen molar-refractivity contribution in [3.63, 3.8) is 0 Å². The van der Waals surface area contributed by atoms with Crippen molar-refractivity contribution in [2.75, 3.05) is 11.9 Å². The van der Waals surface area contributed by atoms with Gasteiger partial charge in [0.1, 0.15) is 0 Å². The molecule has 3 atom stereocenters. The highest BCUT2D eigenvalue weighted by Gasteiger charge is 2.44. The lowest BCUT2D eigenvalue weighted by Gasteiger charge is -2.43. The van der Waals surface area contributed by atoms with Crippen LogP contribution in [0.25, 0.3) is 10.9 Å². The van der Waals surface area contributed by atoms with Gasteiger partial charge in [-0.3, -0.25) is 4.90 Å². The van der Waals surface area contributed by atoms with Crippen LogP contribution >= 0.6 is 11.3 Å². The zero-order valence-corrected chi connectivity index (χ0v) is 16.1. The number of hydrogen-bond acceptors (Lipinski definition) is 2. The Hall–Kier alpha value is -2.56. The molecule has 0 amide bonds. The minimum atomic E-state index is 0.310. The number of benzene rings is 2. The van der Waals surface area contributed by atoms with Crippen molar-refractivity contribution in [3.05, 3.63) is 87.2 Å². The van der Waals surface area contributed by atoms with E-state index in [9.17, 15) is 0 Å². The summed E-state index contributed by atoms with van der Waals surface area (Å²) >= 11 is 1.88. The summed E-state index contributed by atoms with van der Waals surface area (Å²) < 4.78 is 0. The fourth-order valence-corrected chi connectivity index (χ4v) is 6.06. The molecule has 3 nitrogen and oxygen atoms in total. The summed E-state index contributed by atoms with van der Waals surface area (Å²) in [7, 11) is 0. The van der Waals surface area contributed by atoms with E-state index < -0.39 is 0 Å². The lowest BCUT2D eigenvalue weighted by molar-refractivity contribution is -0.956. The van der Waals surface area contributed by atoms with Crippen LogP contribution in [0.2, 0.25) is 0 Å². The first kappa shape index (κ1) is 15.5. The van der Waals surface area contributed by atoms with Crippen LogP contribution in [-0.2, 0) is 6.42 Å². The van der Waals surface area contributed by atoms with Crippen molar-refractivity contribution in [1.82, 2.24) is 4.98 Å². The summed E-state index contributed by atoms with van der Waals surface area (Å²) in [5.74, 6) is 0. The van der Waals surface area contributed by atoms with Crippen molar-refractivity contribution in [2.24, 2.45) is 0 Å². The van der Waals surface area contributed by atoms with Gasteiger partial charge in [0.15, 0.2) is 12.2 Å². The minimum Gasteiger partial charge on any atom is -0.353 e. The highest BCUT2D eigenvalue weighted by atomic mass is 32.1. The molecule has 2 aromatic carbocycles. The van der Waals surface area contributed by atoms with Gasteiger partial charge in [-0.15, -0.1) is 11.3 Å². The number of aryl methyl sites for hydroxylation is 1. The molecule has 0 saturated carbocycles. The molecule has 6 rings (SSSR count). The number of para-hydroxylation sites is 2. The minimum absolute atomic E-state index is 0.310. The molecule has 4 aromatic rings. The molecule has 0 aliphatic carbocycles. The standard InChI is InChI=1S/C23H21N3S/c1-14-11-13-27-22(14)23-25-19-9-5-3-7-17(19)21-20-16(10-12-26(21)23)15-6-2-4-8-18(15)24-20/h2-9,11,13,21,23-25H,10,12H2,1H3/p+1/t21-,23-/m1/s1. The van der Waals surface area contributed by atoms with Gasteiger partial charge in [-0.25, -0.2) is 0 Å². The first-order valence-corrected chi connectivity index (χ1v) is 10.5. The van der Waals surface area contributed by atoms with Gasteiger partial charge in [-0.05, 0) is 41.6 Å². The van der Waals surface area contributed by atoms with E-state index in [0.717, 1.165) is 13.0 Å². The maximum Gasteiger partial charge on any atom is 0.197 e. The number of H-pyrrole nitrogens is 1. The average Bonchev–Trinajstić information content (AvgIpc) is 3.30. The Bertz CT molecular complexity index is 1160. The van der Waals surface area contributed by atoms with Crippen molar-refractivity contribution < 1.29 is 4.90 Å². The van der Waals surface area contributed by atoms with Crippen LogP contribution < -0.4 is 10.2 Å². The molecule has 3 N–H and O–H groups in total. The Morgan fingerprint density at radius 3 is 2.78 bits per heavy atom. The maximum absolute atomic E-state index is 3.86. The van der Waals surface area contributed by atoms with Crippen LogP contribution in [0.15, 0.2) is 60.0 Å². The van der Waals surface area contributed by atoms with E-state index >= 15 is 0 Å². The molecule has 1 unspecified atom stereocenters. The molecule has 0 fully saturated rings. The Labute approximate surface area is 162 Å². The molecular weight excluding hydrogens is 350 g/mol. The maximum atomic E-state index is 3.86. The van der Waals surface area contributed by atoms with E-state index in [-0.39, 0.29) is 0 Å². The summed E-state index contributed by atoms with van der Waals surface area (Å²) in [5.41, 5.74) is 8.26. The second kappa shape index (κ2) is 5.72. The normalized spacial score (nSPS) is 23.4. The Balaban J connectivity index is 1.59. The third kappa shape index (κ3) is 2.17. The second-order valence-corrected chi connectivity index (χ2v) is 8.65. The van der Waals surface area contributed by atoms with Gasteiger partial charge in [-0.2, -0.15) is 0 Å². The molecule has 0 saturated heterocycles. The number of rotatable bonds is 1. The SMILES string of the molecule is Cc1ccsc1[C@@H]1Nc2ccccc2[C@@H]2c3[nH]c4ccccc4c3CC[NH+]21. The Morgan fingerprint density at radius 2 is 1.89 bits per heavy atom. The van der Waals surface area contributed by atoms with Gasteiger partial charge in [0.2, 0.25) is 0 Å². The fraction of sp³-hybridized carbons (Fsp3) is 0.217. The first-order chi connectivity index (χ1) is 13.3. The number of anilines is 1. The molecule has 0 spiro atoms. The molecule has 4 heterocycles. The second-order valence-electron chi connectivity index (χ2n) is 7.70. The largest absolute Gasteiger partial charge is 0.353 e. The third-order valence-electron chi connectivity index (χ3n) is 6.28. The molecular formula is C23H22N3S+. The fourth-order valence-electron chi connectivity index (χ4n) is 5.04. The lowest BCUT2D eigenvalue weighted by atomic mass is 9.88. The highest BCUT2D eigenvalue weighted by molar-refractivity contribution is 7.10. The van der Waals surface area contributed by atoms with E-state index in [0.29, 0.717) is 12.2 Å². The van der Waals surface area contributed by atoms with Crippen LogP contribution in [0, 0.1) is 6.92 Å². The molecule has 0 bridgehead atoms. The van der Waals surface area contributed by atoms with Gasteiger partial charge in [0.05, 0.1) is 17.1 Å². The summed E-state index contributed by atoms with van der Waals surface area (Å²) in [6.07, 6.45) is 1.43. The van der Waals surface area contributed by atoms with E-state index in [2.05, 4.69) is 77.2 Å². The van der Waals surface area contributed by atoms with Crippen LogP contribution in [0.1, 0.15) is 39.5 Å². The average molecular weight is 373 g/mol. The topological polar surface area (TPSA) is 32.3 Å². The Morgan fingerprint density at radius 1 is 1.04 bits per heavy atom. The van der Waals surface area contributed by atoms with E-state index in [1.165, 1.54) is 43.9 Å². The predicted molar refractivity (Wildman–Crippen MR) is 112 cm³/mol. The third-order valence-corrected chi connectivity index (χ3v) is 7.36. The first-order valence-electron chi connectivity index (χ1n) is 9.66. The molecule has 2 aliphatic rings. The van der Waals surface area contributed by atoms with Crippen molar-refractivity contribution in [2.45, 2.75) is 25.6 Å². The predicted octanol–water partition coefficient (Wildman–Crippen LogP) is 4.19. The Kier molecular flexibility index (Phi) is 3.28. The van der Waals surface area contributed by atoms with Gasteiger partial charge < -0.3 is 10.3 Å². The van der Waals surface area contributed by atoms with Gasteiger partial charge in [0, 0.05) is 28.6 Å². The van der Waals surface area contributed by atoms with E-state index in [1.54, 1.807) is 4.90 Å². The number of hydrogen-bond donors (Lipinski definition) is 3. The number of quaternary nitrogens is 1. The van der Waals surface area contributed by atoms with Crippen molar-refractivity contribution >= 4 is 27.9 Å². The van der Waals surface area contributed by atoms with Gasteiger partial charge in [0.25, 0.3) is 0 Å². The molecule has 2 aliphatic heterocycles. The highest BCUT2D eigenvalue weighted by Crippen LogP contribution is 2.39. The number of fused-ring (bicyclic) bond motifs is 7. The molecule has 134 valence electrons. The quantitative estimate of drug-likeness (QED) is 0.460. The zero-order chi connectivity index (χ0) is 18.0. The molecule has 2 aromatic heterocycles. The van der Waals surface area contributed by atoms with Crippen LogP contribution in [0.5, 0.6) is 0 Å². The number of thiophene rings is 1. The smallest absolute Gasteiger partial charge is 0.197 e. The van der Waals surface area contributed by atoms with Crippen molar-refractivity contribution in [3.8, 4) is 0 Å². The van der Waals surface area contributed by atoms with Crippen LogP contribution in [0.3, 0.4) is 0 Å².